The van der Waals surface area contributed by atoms with Crippen LogP contribution in [-0.2, 0) is 83.4 Å². The van der Waals surface area contributed by atoms with E-state index in [1.54, 1.807) is 135 Å². The summed E-state index contributed by atoms with van der Waals surface area (Å²) in [5.41, 5.74) is -0.683. The third-order valence-electron chi connectivity index (χ3n) is 12.4. The van der Waals surface area contributed by atoms with Crippen molar-refractivity contribution in [1.29, 1.82) is 0 Å². The van der Waals surface area contributed by atoms with E-state index in [1.807, 2.05) is 0 Å². The summed E-state index contributed by atoms with van der Waals surface area (Å²) in [7, 11) is -9.47. The first-order chi connectivity index (χ1) is 34.8. The number of phosphoric ester groups is 2. The number of benzene rings is 5. The van der Waals surface area contributed by atoms with Gasteiger partial charge in [0.15, 0.2) is 17.0 Å². The summed E-state index contributed by atoms with van der Waals surface area (Å²) in [4.78, 5) is 56.9. The van der Waals surface area contributed by atoms with Gasteiger partial charge in [-0.25, -0.2) is 32.5 Å². The molecule has 3 atom stereocenters. The number of carbonyl (C=O) groups is 3. The number of phosphoric acid groups is 2. The fourth-order valence-corrected chi connectivity index (χ4v) is 11.3. The number of ether oxygens (including phenoxy) is 1. The zero-order valence-electron chi connectivity index (χ0n) is 39.0. The first kappa shape index (κ1) is 50.6. The molecule has 4 amide bonds. The van der Waals surface area contributed by atoms with Crippen LogP contribution in [0.15, 0.2) is 146 Å². The van der Waals surface area contributed by atoms with E-state index >= 15 is 18.4 Å². The fourth-order valence-electron chi connectivity index (χ4n) is 9.09. The molecule has 3 aliphatic heterocycles. The number of urea groups is 1. The lowest BCUT2D eigenvalue weighted by molar-refractivity contribution is -0.172. The molecule has 1 spiro atoms. The highest BCUT2D eigenvalue weighted by Crippen LogP contribution is 2.55. The van der Waals surface area contributed by atoms with Crippen molar-refractivity contribution in [2.24, 2.45) is 5.41 Å². The highest BCUT2D eigenvalue weighted by atomic mass is 31.2. The predicted molar refractivity (Wildman–Crippen MR) is 256 cm³/mol. The van der Waals surface area contributed by atoms with Crippen molar-refractivity contribution in [3.8, 4) is 11.3 Å². The largest absolute Gasteiger partial charge is 0.477 e. The molecule has 0 aliphatic carbocycles. The second-order valence-corrected chi connectivity index (χ2v) is 20.6. The Morgan fingerprint density at radius 3 is 1.50 bits per heavy atom. The van der Waals surface area contributed by atoms with Crippen LogP contribution < -0.4 is 4.90 Å². The van der Waals surface area contributed by atoms with E-state index in [-0.39, 0.29) is 55.5 Å². The third kappa shape index (κ3) is 10.7. The van der Waals surface area contributed by atoms with Crippen molar-refractivity contribution in [1.82, 2.24) is 19.8 Å². The minimum absolute atomic E-state index is 0.00369. The van der Waals surface area contributed by atoms with Crippen molar-refractivity contribution >= 4 is 39.2 Å². The molecule has 2 fully saturated rings. The van der Waals surface area contributed by atoms with Crippen LogP contribution in [0, 0.1) is 17.0 Å². The SMILES string of the molecule is CC1CN2c3c(cc(-c4cnccn4)c(F)c3F)CC3(C(=O)N(COP(=O)(OCc4ccccc4)OCc4ccccc4)C(=O)N(COP(=O)(OCc4ccccc4)OCc4ccccc4)C3=O)C2C(C)O1. The summed E-state index contributed by atoms with van der Waals surface area (Å²) in [6, 6.07) is 33.2. The maximum Gasteiger partial charge on any atom is 0.477 e. The van der Waals surface area contributed by atoms with Crippen LogP contribution in [-0.4, -0.2) is 75.9 Å². The van der Waals surface area contributed by atoms with Crippen molar-refractivity contribution in [3.63, 3.8) is 0 Å². The molecule has 0 bridgehead atoms. The number of imide groups is 2. The Hall–Kier alpha value is -6.37. The lowest BCUT2D eigenvalue weighted by atomic mass is 9.65. The second kappa shape index (κ2) is 21.8. The molecule has 3 unspecified atom stereocenters. The van der Waals surface area contributed by atoms with Gasteiger partial charge in [-0.15, -0.1) is 0 Å². The third-order valence-corrected chi connectivity index (χ3v) is 15.0. The van der Waals surface area contributed by atoms with E-state index in [0.29, 0.717) is 32.1 Å². The Labute approximate surface area is 413 Å². The summed E-state index contributed by atoms with van der Waals surface area (Å²) in [6.07, 6.45) is 1.52. The van der Waals surface area contributed by atoms with Crippen LogP contribution in [0.3, 0.4) is 0 Å². The summed E-state index contributed by atoms with van der Waals surface area (Å²) in [5.74, 6) is -4.88. The summed E-state index contributed by atoms with van der Waals surface area (Å²) >= 11 is 0. The number of amides is 4. The molecule has 5 aromatic carbocycles. The number of halogens is 2. The molecule has 9 rings (SSSR count). The average molecular weight is 1020 g/mol. The monoisotopic (exact) mass is 1020 g/mol. The Morgan fingerprint density at radius 1 is 0.639 bits per heavy atom. The maximum atomic E-state index is 16.8. The van der Waals surface area contributed by atoms with Crippen LogP contribution in [0.2, 0.25) is 0 Å². The minimum atomic E-state index is -4.73. The van der Waals surface area contributed by atoms with Gasteiger partial charge in [-0.2, -0.15) is 0 Å². The van der Waals surface area contributed by atoms with Gasteiger partial charge < -0.3 is 9.64 Å². The van der Waals surface area contributed by atoms with E-state index < -0.39 is 88.7 Å². The van der Waals surface area contributed by atoms with E-state index in [0.717, 1.165) is 0 Å². The molecule has 2 saturated heterocycles. The quantitative estimate of drug-likeness (QED) is 0.0551. The Morgan fingerprint density at radius 2 is 1.08 bits per heavy atom. The molecule has 6 aromatic rings. The number of hydrogen-bond donors (Lipinski definition) is 0. The number of nitrogens with zero attached hydrogens (tertiary/aromatic N) is 5. The molecule has 21 heteroatoms. The van der Waals surface area contributed by atoms with Crippen LogP contribution in [0.4, 0.5) is 19.3 Å². The molecule has 72 heavy (non-hydrogen) atoms. The van der Waals surface area contributed by atoms with E-state index in [2.05, 4.69) is 9.97 Å². The summed E-state index contributed by atoms with van der Waals surface area (Å²) in [6.45, 7) is -0.287. The van der Waals surface area contributed by atoms with Gasteiger partial charge in [-0.1, -0.05) is 121 Å². The lowest BCUT2D eigenvalue weighted by Crippen LogP contribution is -2.76. The molecule has 1 aromatic heterocycles. The molecule has 0 radical (unpaired) electrons. The predicted octanol–water partition coefficient (Wildman–Crippen LogP) is 9.77. The van der Waals surface area contributed by atoms with E-state index in [9.17, 15) is 13.9 Å². The number of morpholine rings is 1. The molecule has 3 aliphatic rings. The lowest BCUT2D eigenvalue weighted by Gasteiger charge is -2.57. The smallest absolute Gasteiger partial charge is 0.372 e. The van der Waals surface area contributed by atoms with Gasteiger partial charge in [-0.3, -0.25) is 46.7 Å². The van der Waals surface area contributed by atoms with Gasteiger partial charge in [0.25, 0.3) is 11.8 Å². The minimum Gasteiger partial charge on any atom is -0.372 e. The second-order valence-electron chi connectivity index (χ2n) is 17.2. The van der Waals surface area contributed by atoms with E-state index in [4.69, 9.17) is 31.9 Å². The van der Waals surface area contributed by atoms with Crippen LogP contribution in [0.1, 0.15) is 41.7 Å². The molecule has 17 nitrogen and oxygen atoms in total. The highest BCUT2D eigenvalue weighted by Gasteiger charge is 2.67. The van der Waals surface area contributed by atoms with Gasteiger partial charge >= 0.3 is 21.7 Å². The van der Waals surface area contributed by atoms with Gasteiger partial charge in [-0.05, 0) is 47.7 Å². The van der Waals surface area contributed by atoms with Gasteiger partial charge in [0.2, 0.25) is 0 Å². The number of aromatic nitrogens is 2. The Kier molecular flexibility index (Phi) is 15.3. The van der Waals surface area contributed by atoms with Gasteiger partial charge in [0.1, 0.15) is 13.5 Å². The number of fused-ring (bicyclic) bond motifs is 4. The summed E-state index contributed by atoms with van der Waals surface area (Å²) < 4.78 is 104. The van der Waals surface area contributed by atoms with Crippen LogP contribution in [0.5, 0.6) is 0 Å². The standard InChI is InChI=1S/C51H49F2N5O12P2/c1-35-28-56-46-41(25-42(44(52)45(46)53)43-27-54-23-24-55-43)26-51(47(56)36(2)70-35)48(59)57(33-68-71(62,64-29-37-15-7-3-8-16-37)65-30-38-17-9-4-10-18-38)50(61)58(49(51)60)34-69-72(63,66-31-39-19-11-5-12-20-39)67-32-40-21-13-6-14-22-40/h3-25,27,35-36,47H,26,28-34H2,1-2H3. The first-order valence-corrected chi connectivity index (χ1v) is 25.8. The van der Waals surface area contributed by atoms with Gasteiger partial charge in [0.05, 0.1) is 62.3 Å². The van der Waals surface area contributed by atoms with Crippen LogP contribution in [0.25, 0.3) is 11.3 Å². The molecule has 0 N–H and O–H groups in total. The Bertz CT molecular complexity index is 2760. The molecule has 0 saturated carbocycles. The zero-order chi connectivity index (χ0) is 50.5. The molecular weight excluding hydrogens is 975 g/mol. The normalized spacial score (nSPS) is 18.9. The molecular formula is C51H49F2N5O12P2. The zero-order valence-corrected chi connectivity index (χ0v) is 40.8. The number of anilines is 1. The Balaban J connectivity index is 1.12. The molecule has 374 valence electrons. The van der Waals surface area contributed by atoms with Crippen molar-refractivity contribution < 1.29 is 64.2 Å². The summed E-state index contributed by atoms with van der Waals surface area (Å²) in [5, 5.41) is 0. The van der Waals surface area contributed by atoms with Gasteiger partial charge in [0, 0.05) is 30.9 Å². The van der Waals surface area contributed by atoms with Crippen LogP contribution >= 0.6 is 15.6 Å². The maximum absolute atomic E-state index is 16.8. The van der Waals surface area contributed by atoms with Crippen molar-refractivity contribution in [2.45, 2.75) is 64.9 Å². The first-order valence-electron chi connectivity index (χ1n) is 22.9. The number of hydrogen-bond acceptors (Lipinski definition) is 15. The fraction of sp³-hybridized carbons (Fsp3) is 0.275. The van der Waals surface area contributed by atoms with Crippen molar-refractivity contribution in [2.75, 3.05) is 24.9 Å². The molecule has 4 heterocycles. The van der Waals surface area contributed by atoms with Crippen molar-refractivity contribution in [3.05, 3.63) is 185 Å². The average Bonchev–Trinajstić information content (AvgIpc) is 3.40. The van der Waals surface area contributed by atoms with E-state index in [1.165, 1.54) is 29.6 Å². The number of rotatable bonds is 19. The number of barbiturate groups is 1. The topological polar surface area (TPSA) is 185 Å². The highest BCUT2D eigenvalue weighted by molar-refractivity contribution is 7.48. The number of carbonyl (C=O) groups excluding carboxylic acids is 3.